The minimum absolute atomic E-state index is 0.0513. The van der Waals surface area contributed by atoms with Gasteiger partial charge in [0.15, 0.2) is 0 Å². The van der Waals surface area contributed by atoms with E-state index in [2.05, 4.69) is 6.92 Å². The van der Waals surface area contributed by atoms with E-state index >= 15 is 4.39 Å². The molecule has 180 valence electrons. The lowest BCUT2D eigenvalue weighted by Gasteiger charge is -2.31. The highest BCUT2D eigenvalue weighted by atomic mass is 32.2. The molecule has 5 heteroatoms. The average molecular weight is 449 g/mol. The van der Waals surface area contributed by atoms with Gasteiger partial charge in [0.1, 0.15) is 0 Å². The molecule has 0 aromatic rings. The molecule has 1 aliphatic rings. The highest BCUT2D eigenvalue weighted by Gasteiger charge is 2.49. The molecule has 1 rings (SSSR count). The van der Waals surface area contributed by atoms with Crippen molar-refractivity contribution in [1.29, 1.82) is 0 Å². The van der Waals surface area contributed by atoms with Crippen LogP contribution in [0.25, 0.3) is 0 Å². The first kappa shape index (κ1) is 27.9. The van der Waals surface area contributed by atoms with Gasteiger partial charge in [-0.3, -0.25) is 4.55 Å². The van der Waals surface area contributed by atoms with Crippen molar-refractivity contribution in [2.45, 2.75) is 153 Å². The van der Waals surface area contributed by atoms with E-state index in [1.165, 1.54) is 51.4 Å². The zero-order valence-electron chi connectivity index (χ0n) is 19.7. The van der Waals surface area contributed by atoms with E-state index in [1.54, 1.807) is 0 Å². The second-order valence-electron chi connectivity index (χ2n) is 9.65. The predicted octanol–water partition coefficient (Wildman–Crippen LogP) is 8.77. The van der Waals surface area contributed by atoms with Crippen LogP contribution < -0.4 is 0 Å². The van der Waals surface area contributed by atoms with Gasteiger partial charge in [-0.15, -0.1) is 0 Å². The van der Waals surface area contributed by atoms with E-state index in [9.17, 15) is 13.0 Å². The first-order chi connectivity index (χ1) is 14.4. The van der Waals surface area contributed by atoms with Crippen molar-refractivity contribution in [3.05, 3.63) is 0 Å². The number of unbranched alkanes of at least 4 members (excludes halogenated alkanes) is 3. The van der Waals surface area contributed by atoms with E-state index in [4.69, 9.17) is 0 Å². The lowest BCUT2D eigenvalue weighted by atomic mass is 9.87. The Bertz CT molecular complexity index is 509. The first-order valence-electron chi connectivity index (χ1n) is 13.1. The first-order valence-corrected chi connectivity index (χ1v) is 14.5. The maximum Gasteiger partial charge on any atom is 0.300 e. The largest absolute Gasteiger partial charge is 0.300 e. The van der Waals surface area contributed by atoms with Gasteiger partial charge < -0.3 is 0 Å². The van der Waals surface area contributed by atoms with Crippen LogP contribution in [0.2, 0.25) is 0 Å². The molecule has 0 spiro atoms. The van der Waals surface area contributed by atoms with E-state index in [0.717, 1.165) is 64.2 Å². The summed E-state index contributed by atoms with van der Waals surface area (Å²) >= 11 is 0. The molecule has 0 aromatic carbocycles. The summed E-state index contributed by atoms with van der Waals surface area (Å²) < 4.78 is 50.1. The Kier molecular flexibility index (Phi) is 15.3. The average Bonchev–Trinajstić information content (AvgIpc) is 2.70. The fourth-order valence-electron chi connectivity index (χ4n) is 4.99. The van der Waals surface area contributed by atoms with Crippen molar-refractivity contribution in [3.63, 3.8) is 0 Å². The molecule has 30 heavy (non-hydrogen) atoms. The van der Waals surface area contributed by atoms with Crippen molar-refractivity contribution >= 4 is 10.1 Å². The second-order valence-corrected chi connectivity index (χ2v) is 11.3. The van der Waals surface area contributed by atoms with Gasteiger partial charge in [-0.05, 0) is 25.7 Å². The predicted molar refractivity (Wildman–Crippen MR) is 126 cm³/mol. The molecule has 3 nitrogen and oxygen atoms in total. The van der Waals surface area contributed by atoms with Crippen molar-refractivity contribution in [2.75, 3.05) is 0 Å². The zero-order valence-corrected chi connectivity index (χ0v) is 20.5. The fourth-order valence-corrected chi connectivity index (χ4v) is 6.05. The normalized spacial score (nSPS) is 27.6. The SMILES string of the molecule is CCCCCCC1CCCCCCCCCCCCCCCCCC1(F)S(=O)(=O)O. The van der Waals surface area contributed by atoms with Crippen LogP contribution in [-0.4, -0.2) is 18.0 Å². The van der Waals surface area contributed by atoms with Gasteiger partial charge in [0, 0.05) is 5.92 Å². The summed E-state index contributed by atoms with van der Waals surface area (Å²) in [5.41, 5.74) is 0. The van der Waals surface area contributed by atoms with Crippen LogP contribution in [0, 0.1) is 5.92 Å². The van der Waals surface area contributed by atoms with Crippen LogP contribution in [0.3, 0.4) is 0 Å². The number of halogens is 1. The van der Waals surface area contributed by atoms with Crippen molar-refractivity contribution < 1.29 is 17.4 Å². The third kappa shape index (κ3) is 11.5. The summed E-state index contributed by atoms with van der Waals surface area (Å²) in [5.74, 6) is -0.577. The van der Waals surface area contributed by atoms with Crippen LogP contribution in [0.15, 0.2) is 0 Å². The van der Waals surface area contributed by atoms with Gasteiger partial charge in [0.05, 0.1) is 0 Å². The Morgan fingerprint density at radius 1 is 0.733 bits per heavy atom. The Hall–Kier alpha value is -0.160. The lowest BCUT2D eigenvalue weighted by Crippen LogP contribution is -2.41. The molecule has 0 heterocycles. The number of rotatable bonds is 6. The van der Waals surface area contributed by atoms with Crippen LogP contribution in [-0.2, 0) is 10.1 Å². The van der Waals surface area contributed by atoms with E-state index in [0.29, 0.717) is 19.3 Å². The maximum absolute atomic E-state index is 15.9. The van der Waals surface area contributed by atoms with Gasteiger partial charge >= 0.3 is 10.1 Å². The van der Waals surface area contributed by atoms with Crippen molar-refractivity contribution in [3.8, 4) is 0 Å². The monoisotopic (exact) mass is 448 g/mol. The molecule has 0 saturated heterocycles. The zero-order chi connectivity index (χ0) is 22.1. The minimum atomic E-state index is -4.72. The molecule has 1 aliphatic carbocycles. The summed E-state index contributed by atoms with van der Waals surface area (Å²) in [4.78, 5) is 0. The number of hydrogen-bond donors (Lipinski definition) is 1. The van der Waals surface area contributed by atoms with E-state index in [1.807, 2.05) is 0 Å². The molecule has 1 N–H and O–H groups in total. The lowest BCUT2D eigenvalue weighted by molar-refractivity contribution is 0.123. The number of hydrogen-bond acceptors (Lipinski definition) is 2. The Balaban J connectivity index is 2.75. The molecule has 0 aliphatic heterocycles. The topological polar surface area (TPSA) is 54.4 Å². The Labute approximate surface area is 186 Å². The van der Waals surface area contributed by atoms with Crippen LogP contribution >= 0.6 is 0 Å². The van der Waals surface area contributed by atoms with Crippen LogP contribution in [0.5, 0.6) is 0 Å². The smallest absolute Gasteiger partial charge is 0.283 e. The maximum atomic E-state index is 15.9. The van der Waals surface area contributed by atoms with Gasteiger partial charge in [-0.2, -0.15) is 8.42 Å². The third-order valence-electron chi connectivity index (χ3n) is 7.01. The van der Waals surface area contributed by atoms with Crippen LogP contribution in [0.4, 0.5) is 4.39 Å². The summed E-state index contributed by atoms with van der Waals surface area (Å²) in [7, 11) is -4.72. The van der Waals surface area contributed by atoms with E-state index in [-0.39, 0.29) is 6.42 Å². The molecular weight excluding hydrogens is 399 g/mol. The van der Waals surface area contributed by atoms with Gasteiger partial charge in [0.2, 0.25) is 5.00 Å². The molecule has 0 aromatic heterocycles. The molecule has 1 saturated carbocycles. The molecule has 2 unspecified atom stereocenters. The second kappa shape index (κ2) is 16.5. The Morgan fingerprint density at radius 2 is 1.17 bits per heavy atom. The van der Waals surface area contributed by atoms with Crippen molar-refractivity contribution in [2.24, 2.45) is 5.92 Å². The van der Waals surface area contributed by atoms with Gasteiger partial charge in [0.25, 0.3) is 0 Å². The van der Waals surface area contributed by atoms with Gasteiger partial charge in [-0.25, -0.2) is 4.39 Å². The molecule has 2 atom stereocenters. The van der Waals surface area contributed by atoms with Crippen molar-refractivity contribution in [1.82, 2.24) is 0 Å². The summed E-state index contributed by atoms with van der Waals surface area (Å²) in [5, 5.41) is -2.47. The molecule has 0 amide bonds. The fraction of sp³-hybridized carbons (Fsp3) is 1.00. The highest BCUT2D eigenvalue weighted by molar-refractivity contribution is 7.87. The molecule has 1 fully saturated rings. The standard InChI is InChI=1S/C25H49FO3S/c1-2-3-4-18-21-24-22-19-16-14-12-10-8-6-5-7-9-11-13-15-17-20-23-25(24,26)30(27,28)29/h24H,2-23H2,1H3,(H,27,28,29). The molecule has 0 radical (unpaired) electrons. The summed E-state index contributed by atoms with van der Waals surface area (Å²) in [6.45, 7) is 2.14. The summed E-state index contributed by atoms with van der Waals surface area (Å²) in [6, 6.07) is 0. The minimum Gasteiger partial charge on any atom is -0.283 e. The van der Waals surface area contributed by atoms with E-state index < -0.39 is 21.0 Å². The summed E-state index contributed by atoms with van der Waals surface area (Å²) in [6.07, 6.45) is 22.1. The third-order valence-corrected chi connectivity index (χ3v) is 8.41. The Morgan fingerprint density at radius 3 is 1.60 bits per heavy atom. The number of alkyl halides is 1. The van der Waals surface area contributed by atoms with Crippen LogP contribution in [0.1, 0.15) is 148 Å². The molecule has 0 bridgehead atoms. The quantitative estimate of drug-likeness (QED) is 0.326. The molecular formula is C25H49FO3S. The highest BCUT2D eigenvalue weighted by Crippen LogP contribution is 2.40. The van der Waals surface area contributed by atoms with Gasteiger partial charge in [-0.1, -0.05) is 122 Å².